The molecule has 5 heteroatoms. The van der Waals surface area contributed by atoms with E-state index in [-0.39, 0.29) is 0 Å². The quantitative estimate of drug-likeness (QED) is 0.300. The number of rotatable bonds is 9. The summed E-state index contributed by atoms with van der Waals surface area (Å²) in [7, 11) is 4.00. The third kappa shape index (κ3) is 6.89. The van der Waals surface area contributed by atoms with Crippen molar-refractivity contribution in [1.82, 2.24) is 20.1 Å². The number of thiophene rings is 1. The van der Waals surface area contributed by atoms with Gasteiger partial charge < -0.3 is 9.88 Å². The van der Waals surface area contributed by atoms with Crippen LogP contribution in [0.4, 0.5) is 0 Å². The Balaban J connectivity index is 0.00000235. The van der Waals surface area contributed by atoms with E-state index in [1.165, 1.54) is 4.88 Å². The van der Waals surface area contributed by atoms with Gasteiger partial charge >= 0.3 is 0 Å². The fourth-order valence-electron chi connectivity index (χ4n) is 3.90. The molecular formula is C32H40N4S. The second-order valence-corrected chi connectivity index (χ2v) is 9.23. The molecule has 0 fully saturated rings. The number of hydrogen-bond donors (Lipinski definition) is 2. The molecule has 0 radical (unpaired) electrons. The van der Waals surface area contributed by atoms with E-state index >= 15 is 0 Å². The molecule has 0 amide bonds. The summed E-state index contributed by atoms with van der Waals surface area (Å²) in [6.45, 7) is 22.3. The van der Waals surface area contributed by atoms with Crippen LogP contribution in [-0.2, 0) is 0 Å². The first kappa shape index (κ1) is 29.4. The van der Waals surface area contributed by atoms with Gasteiger partial charge in [0.2, 0.25) is 0 Å². The van der Waals surface area contributed by atoms with Crippen molar-refractivity contribution in [3.63, 3.8) is 0 Å². The number of H-pyrrole nitrogens is 2. The Kier molecular flexibility index (Phi) is 11.2. The van der Waals surface area contributed by atoms with Gasteiger partial charge in [-0.15, -0.1) is 11.3 Å². The molecule has 0 aliphatic heterocycles. The van der Waals surface area contributed by atoms with E-state index in [2.05, 4.69) is 89.7 Å². The first-order valence-corrected chi connectivity index (χ1v) is 13.4. The summed E-state index contributed by atoms with van der Waals surface area (Å²) in [5.41, 5.74) is 8.10. The predicted molar refractivity (Wildman–Crippen MR) is 165 cm³/mol. The van der Waals surface area contributed by atoms with Crippen molar-refractivity contribution in [2.45, 2.75) is 34.6 Å². The molecule has 0 aliphatic carbocycles. The highest BCUT2D eigenvalue weighted by molar-refractivity contribution is 7.11. The van der Waals surface area contributed by atoms with Gasteiger partial charge in [-0.2, -0.15) is 5.10 Å². The minimum atomic E-state index is 0.855. The molecule has 3 aromatic heterocycles. The van der Waals surface area contributed by atoms with Gasteiger partial charge in [0.15, 0.2) is 0 Å². The predicted octanol–water partition coefficient (Wildman–Crippen LogP) is 7.13. The zero-order valence-electron chi connectivity index (χ0n) is 23.3. The monoisotopic (exact) mass is 512 g/mol. The van der Waals surface area contributed by atoms with Crippen LogP contribution in [0.2, 0.25) is 0 Å². The summed E-state index contributed by atoms with van der Waals surface area (Å²) >= 11 is 1.72. The third-order valence-corrected chi connectivity index (χ3v) is 6.69. The highest BCUT2D eigenvalue weighted by Crippen LogP contribution is 2.31. The molecule has 37 heavy (non-hydrogen) atoms. The van der Waals surface area contributed by atoms with E-state index in [1.54, 1.807) is 11.3 Å². The molecule has 3 aromatic rings. The Hall–Kier alpha value is -3.83. The Bertz CT molecular complexity index is 1430. The maximum atomic E-state index is 4.67. The van der Waals surface area contributed by atoms with Crippen LogP contribution in [0.1, 0.15) is 43.8 Å². The molecule has 0 aliphatic rings. The largest absolute Gasteiger partial charge is 0.378 e. The van der Waals surface area contributed by atoms with Crippen molar-refractivity contribution in [2.24, 2.45) is 0 Å². The molecule has 0 unspecified atom stereocenters. The lowest BCUT2D eigenvalue weighted by atomic mass is 10.0. The number of likely N-dealkylation sites (N-methyl/N-ethyl adjacent to an activating group) is 1. The Labute approximate surface area is 226 Å². The highest BCUT2D eigenvalue weighted by atomic mass is 32.1. The summed E-state index contributed by atoms with van der Waals surface area (Å²) in [6, 6.07) is 6.36. The van der Waals surface area contributed by atoms with Gasteiger partial charge in [-0.1, -0.05) is 64.0 Å². The zero-order chi connectivity index (χ0) is 27.5. The van der Waals surface area contributed by atoms with Crippen LogP contribution in [0.3, 0.4) is 0 Å². The van der Waals surface area contributed by atoms with Crippen LogP contribution < -0.4 is 10.6 Å². The molecule has 2 N–H and O–H groups in total. The molecule has 3 heterocycles. The third-order valence-electron chi connectivity index (χ3n) is 5.78. The number of nitrogens with one attached hydrogen (secondary N) is 2. The summed E-state index contributed by atoms with van der Waals surface area (Å²) in [6.07, 6.45) is 14.0. The smallest absolute Gasteiger partial charge is 0.116 e. The highest BCUT2D eigenvalue weighted by Gasteiger charge is 2.15. The van der Waals surface area contributed by atoms with E-state index in [1.807, 2.05) is 64.9 Å². The number of aromatic nitrogens is 3. The average Bonchev–Trinajstić information content (AvgIpc) is 3.64. The van der Waals surface area contributed by atoms with Gasteiger partial charge in [-0.25, -0.2) is 0 Å². The number of aromatic amines is 2. The molecule has 0 spiro atoms. The molecule has 3 rings (SSSR count). The van der Waals surface area contributed by atoms with Crippen LogP contribution in [0.15, 0.2) is 90.5 Å². The summed E-state index contributed by atoms with van der Waals surface area (Å²) in [4.78, 5) is 6.78. The van der Waals surface area contributed by atoms with Gasteiger partial charge in [0, 0.05) is 46.7 Å². The molecule has 194 valence electrons. The summed E-state index contributed by atoms with van der Waals surface area (Å²) in [5.74, 6) is 0. The molecule has 0 saturated carbocycles. The summed E-state index contributed by atoms with van der Waals surface area (Å²) in [5, 5.41) is 11.9. The maximum Gasteiger partial charge on any atom is 0.116 e. The Morgan fingerprint density at radius 1 is 1.16 bits per heavy atom. The standard InChI is InChI=1S/C30H34N4S.C2H6/c1-9-14-24(29-15-13-16-35-29)25-19-28(31-21(25)6)30-26(27(12-4)32-33-30)17-20(5)22(10-2)18-23(11-3)34(7)8;1-2/h9-19,31-32H,1,3,5H2,2,4,6-8H3;1-2H3/b22-10+,23-18+,24-14+,26-17+,27-12+;. The fraction of sp³-hybridized carbons (Fsp3) is 0.219. The first-order valence-electron chi connectivity index (χ1n) is 12.5. The van der Waals surface area contributed by atoms with Crippen LogP contribution in [0.25, 0.3) is 29.1 Å². The fourth-order valence-corrected chi connectivity index (χ4v) is 4.67. The van der Waals surface area contributed by atoms with Crippen molar-refractivity contribution in [2.75, 3.05) is 14.1 Å². The van der Waals surface area contributed by atoms with Crippen molar-refractivity contribution in [3.8, 4) is 11.4 Å². The molecular weight excluding hydrogens is 472 g/mol. The van der Waals surface area contributed by atoms with Crippen LogP contribution in [-0.4, -0.2) is 34.2 Å². The van der Waals surface area contributed by atoms with Crippen molar-refractivity contribution in [3.05, 3.63) is 117 Å². The van der Waals surface area contributed by atoms with E-state index in [0.29, 0.717) is 0 Å². The Morgan fingerprint density at radius 2 is 1.89 bits per heavy atom. The van der Waals surface area contributed by atoms with E-state index < -0.39 is 0 Å². The molecule has 0 bridgehead atoms. The minimum Gasteiger partial charge on any atom is -0.378 e. The van der Waals surface area contributed by atoms with Gasteiger partial charge in [-0.05, 0) is 67.7 Å². The number of allylic oxidation sites excluding steroid dienone is 7. The van der Waals surface area contributed by atoms with Crippen LogP contribution in [0, 0.1) is 6.92 Å². The van der Waals surface area contributed by atoms with Crippen molar-refractivity contribution < 1.29 is 0 Å². The zero-order valence-corrected chi connectivity index (χ0v) is 24.1. The van der Waals surface area contributed by atoms with Gasteiger partial charge in [0.25, 0.3) is 0 Å². The molecule has 0 saturated heterocycles. The van der Waals surface area contributed by atoms with Crippen molar-refractivity contribution >= 4 is 29.1 Å². The maximum absolute atomic E-state index is 4.67. The minimum absolute atomic E-state index is 0.855. The number of aryl methyl sites for hydroxylation is 1. The lowest BCUT2D eigenvalue weighted by molar-refractivity contribution is 0.530. The normalized spacial score (nSPS) is 13.3. The Morgan fingerprint density at radius 3 is 2.43 bits per heavy atom. The second kappa shape index (κ2) is 14.0. The van der Waals surface area contributed by atoms with E-state index in [4.69, 9.17) is 0 Å². The van der Waals surface area contributed by atoms with Crippen LogP contribution in [0.5, 0.6) is 0 Å². The molecule has 0 atom stereocenters. The lowest BCUT2D eigenvalue weighted by Crippen LogP contribution is -2.23. The average molecular weight is 513 g/mol. The van der Waals surface area contributed by atoms with Crippen molar-refractivity contribution in [1.29, 1.82) is 0 Å². The van der Waals surface area contributed by atoms with E-state index in [9.17, 15) is 0 Å². The lowest BCUT2D eigenvalue weighted by Gasteiger charge is -2.14. The van der Waals surface area contributed by atoms with E-state index in [0.717, 1.165) is 55.6 Å². The topological polar surface area (TPSA) is 47.7 Å². The summed E-state index contributed by atoms with van der Waals surface area (Å²) < 4.78 is 0. The second-order valence-electron chi connectivity index (χ2n) is 8.28. The molecule has 0 aromatic carbocycles. The number of nitrogens with zero attached hydrogens (tertiary/aromatic N) is 2. The van der Waals surface area contributed by atoms with Gasteiger partial charge in [0.1, 0.15) is 5.69 Å². The van der Waals surface area contributed by atoms with Crippen LogP contribution >= 0.6 is 11.3 Å². The number of hydrogen-bond acceptors (Lipinski definition) is 3. The molecule has 4 nitrogen and oxygen atoms in total. The first-order chi connectivity index (χ1) is 17.8. The SMILES string of the molecule is C=C/C=C(/c1cccs1)c1cc(-c2n[nH]c(=C/C)/c2=C\C(=C)C(=C/C)/C=C(\C=C)N(C)C)[nH]c1C.CC. The van der Waals surface area contributed by atoms with Gasteiger partial charge in [-0.3, -0.25) is 5.10 Å². The van der Waals surface area contributed by atoms with Gasteiger partial charge in [0.05, 0.1) is 11.0 Å².